The molecule has 0 saturated heterocycles. The van der Waals surface area contributed by atoms with Crippen LogP contribution in [-0.4, -0.2) is 57.7 Å². The molecule has 41 heavy (non-hydrogen) atoms. The molecule has 0 fully saturated rings. The number of amides is 1. The predicted molar refractivity (Wildman–Crippen MR) is 102 cm³/mol. The quantitative estimate of drug-likeness (QED) is 0.204. The Morgan fingerprint density at radius 3 is 1.59 bits per heavy atom. The number of halogens is 19. The summed E-state index contributed by atoms with van der Waals surface area (Å²) in [5.41, 5.74) is -1.29. The largest absolute Gasteiger partial charge is 0.393 e. The second-order valence-electron chi connectivity index (χ2n) is 7.63. The van der Waals surface area contributed by atoms with E-state index < -0.39 is 80.8 Å². The van der Waals surface area contributed by atoms with Crippen molar-refractivity contribution in [2.24, 2.45) is 0 Å². The molecule has 0 aliphatic heterocycles. The number of alkyl halides is 17. The number of nitrogens with zero attached hydrogens (tertiary/aromatic N) is 1. The fraction of sp³-hybridized carbons (Fsp3) is 0.444. The minimum Gasteiger partial charge on any atom is -0.296 e. The Labute approximate surface area is 222 Å². The van der Waals surface area contributed by atoms with Crippen LogP contribution in [0.4, 0.5) is 84.2 Å². The highest BCUT2D eigenvalue weighted by Gasteiger charge is 2.95. The van der Waals surface area contributed by atoms with E-state index in [2.05, 4.69) is 16.6 Å². The molecule has 0 unspecified atom stereocenters. The number of aromatic nitrogens is 1. The molecular formula is C18H5ClF18N2OS. The Bertz CT molecular complexity index is 1300. The number of benzene rings is 1. The highest BCUT2D eigenvalue weighted by molar-refractivity contribution is 7.14. The van der Waals surface area contributed by atoms with Crippen LogP contribution in [-0.2, 0) is 4.79 Å². The zero-order chi connectivity index (χ0) is 32.4. The SMILES string of the molecule is O=C(Nc1nc(-c2ccc(F)cc2F)cs1)C(F)(F)C(F)(F)C(F)(F)C(F)(F)C(F)(F)C(F)(F)C(F)(F)C(F)(F)Cl. The third kappa shape index (κ3) is 5.03. The van der Waals surface area contributed by atoms with Gasteiger partial charge in [-0.25, -0.2) is 13.8 Å². The van der Waals surface area contributed by atoms with E-state index >= 15 is 0 Å². The Kier molecular flexibility index (Phi) is 8.40. The van der Waals surface area contributed by atoms with E-state index in [0.29, 0.717) is 22.8 Å². The van der Waals surface area contributed by atoms with Gasteiger partial charge in [0.2, 0.25) is 0 Å². The van der Waals surface area contributed by atoms with Gasteiger partial charge in [0, 0.05) is 17.0 Å². The summed E-state index contributed by atoms with van der Waals surface area (Å²) in [6.45, 7) is 0. The maximum atomic E-state index is 14.0. The van der Waals surface area contributed by atoms with Gasteiger partial charge in [-0.05, 0) is 23.7 Å². The smallest absolute Gasteiger partial charge is 0.296 e. The van der Waals surface area contributed by atoms with E-state index in [1.54, 1.807) is 0 Å². The van der Waals surface area contributed by atoms with Crippen molar-refractivity contribution in [2.75, 3.05) is 5.32 Å². The minimum absolute atomic E-state index is 0.0654. The predicted octanol–water partition coefficient (Wildman–Crippen LogP) is 8.31. The van der Waals surface area contributed by atoms with Crippen molar-refractivity contribution in [1.82, 2.24) is 4.98 Å². The van der Waals surface area contributed by atoms with Crippen molar-refractivity contribution < 1.29 is 83.8 Å². The van der Waals surface area contributed by atoms with Crippen LogP contribution in [0.15, 0.2) is 23.6 Å². The maximum Gasteiger partial charge on any atom is 0.393 e. The van der Waals surface area contributed by atoms with Gasteiger partial charge in [0.05, 0.1) is 5.69 Å². The molecule has 0 radical (unpaired) electrons. The summed E-state index contributed by atoms with van der Waals surface area (Å²) in [6.07, 6.45) is 0. The molecule has 23 heteroatoms. The zero-order valence-corrected chi connectivity index (χ0v) is 19.8. The number of anilines is 1. The first-order valence-electron chi connectivity index (χ1n) is 9.46. The van der Waals surface area contributed by atoms with Crippen molar-refractivity contribution in [1.29, 1.82) is 0 Å². The summed E-state index contributed by atoms with van der Waals surface area (Å²) in [5, 5.41) is -6.94. The van der Waals surface area contributed by atoms with Gasteiger partial charge >= 0.3 is 52.7 Å². The van der Waals surface area contributed by atoms with Crippen molar-refractivity contribution in [3.8, 4) is 11.3 Å². The molecule has 0 spiro atoms. The monoisotopic (exact) mass is 674 g/mol. The van der Waals surface area contributed by atoms with Gasteiger partial charge in [0.25, 0.3) is 0 Å². The maximum absolute atomic E-state index is 14.0. The Hall–Kier alpha value is -2.65. The molecule has 2 rings (SSSR count). The molecule has 0 bridgehead atoms. The lowest BCUT2D eigenvalue weighted by Gasteiger charge is -2.42. The Balaban J connectivity index is 2.47. The number of carbonyl (C=O) groups excluding carboxylic acids is 1. The van der Waals surface area contributed by atoms with Gasteiger partial charge in [-0.2, -0.15) is 70.2 Å². The second kappa shape index (κ2) is 9.97. The average Bonchev–Trinajstić information content (AvgIpc) is 3.25. The number of nitrogens with one attached hydrogen (secondary N) is 1. The van der Waals surface area contributed by atoms with Crippen LogP contribution in [0.25, 0.3) is 11.3 Å². The van der Waals surface area contributed by atoms with Crippen molar-refractivity contribution >= 4 is 34.0 Å². The Morgan fingerprint density at radius 1 is 0.707 bits per heavy atom. The van der Waals surface area contributed by atoms with E-state index in [0.717, 1.165) is 0 Å². The molecule has 0 saturated carbocycles. The first kappa shape index (κ1) is 34.6. The summed E-state index contributed by atoms with van der Waals surface area (Å²) in [6, 6.07) is 1.56. The molecule has 1 N–H and O–H groups in total. The van der Waals surface area contributed by atoms with Gasteiger partial charge in [-0.15, -0.1) is 11.3 Å². The summed E-state index contributed by atoms with van der Waals surface area (Å²) in [7, 11) is 0. The van der Waals surface area contributed by atoms with Crippen LogP contribution >= 0.6 is 22.9 Å². The van der Waals surface area contributed by atoms with Gasteiger partial charge < -0.3 is 0 Å². The molecular weight excluding hydrogens is 670 g/mol. The topological polar surface area (TPSA) is 42.0 Å². The molecule has 3 nitrogen and oxygen atoms in total. The van der Waals surface area contributed by atoms with E-state index in [9.17, 15) is 83.8 Å². The Morgan fingerprint density at radius 2 is 1.15 bits per heavy atom. The van der Waals surface area contributed by atoms with Crippen LogP contribution < -0.4 is 5.32 Å². The number of hydrogen-bond acceptors (Lipinski definition) is 3. The summed E-state index contributed by atoms with van der Waals surface area (Å²) >= 11 is 3.36. The van der Waals surface area contributed by atoms with Crippen LogP contribution in [0.1, 0.15) is 0 Å². The molecule has 1 aromatic carbocycles. The third-order valence-electron chi connectivity index (χ3n) is 4.94. The molecule has 232 valence electrons. The van der Waals surface area contributed by atoms with Gasteiger partial charge in [0.15, 0.2) is 5.13 Å². The van der Waals surface area contributed by atoms with E-state index in [4.69, 9.17) is 0 Å². The molecule has 0 aliphatic rings. The highest BCUT2D eigenvalue weighted by Crippen LogP contribution is 2.64. The van der Waals surface area contributed by atoms with Crippen LogP contribution in [0.3, 0.4) is 0 Å². The van der Waals surface area contributed by atoms with Crippen molar-refractivity contribution in [3.63, 3.8) is 0 Å². The molecule has 0 aliphatic carbocycles. The molecule has 1 heterocycles. The number of rotatable bonds is 10. The van der Waals surface area contributed by atoms with E-state index in [-0.39, 0.29) is 17.4 Å². The van der Waals surface area contributed by atoms with E-state index in [1.165, 1.54) is 0 Å². The highest BCUT2D eigenvalue weighted by atomic mass is 35.5. The average molecular weight is 675 g/mol. The molecule has 2 aromatic rings. The van der Waals surface area contributed by atoms with E-state index in [1.807, 2.05) is 0 Å². The molecule has 0 atom stereocenters. The standard InChI is InChI=1S/C18H5ClF18N2OS/c19-18(36,37)17(34,35)16(32,33)15(30,31)14(28,29)13(26,27)12(24,25)11(22,23)9(40)39-10-38-8(4-41-10)6-2-1-5(20)3-7(6)21/h1-4H,(H,38,39,40). The normalized spacial score (nSPS) is 14.8. The number of thiazole rings is 1. The van der Waals surface area contributed by atoms with Gasteiger partial charge in [-0.1, -0.05) is 0 Å². The summed E-state index contributed by atoms with van der Waals surface area (Å²) < 4.78 is 243. The van der Waals surface area contributed by atoms with Crippen molar-refractivity contribution in [2.45, 2.75) is 46.8 Å². The lowest BCUT2D eigenvalue weighted by molar-refractivity contribution is -0.445. The van der Waals surface area contributed by atoms with Gasteiger partial charge in [0.1, 0.15) is 11.6 Å². The first-order valence-corrected chi connectivity index (χ1v) is 10.7. The minimum atomic E-state index is -8.73. The van der Waals surface area contributed by atoms with Crippen molar-refractivity contribution in [3.05, 3.63) is 35.2 Å². The lowest BCUT2D eigenvalue weighted by Crippen LogP contribution is -2.75. The number of carbonyl (C=O) groups is 1. The van der Waals surface area contributed by atoms with Crippen LogP contribution in [0.5, 0.6) is 0 Å². The fourth-order valence-corrected chi connectivity index (χ4v) is 3.46. The lowest BCUT2D eigenvalue weighted by atomic mass is 9.89. The molecule has 1 aromatic heterocycles. The molecule has 1 amide bonds. The fourth-order valence-electron chi connectivity index (χ4n) is 2.63. The number of hydrogen-bond donors (Lipinski definition) is 1. The zero-order valence-electron chi connectivity index (χ0n) is 18.3. The van der Waals surface area contributed by atoms with Gasteiger partial charge in [-0.3, -0.25) is 10.1 Å². The summed E-state index contributed by atoms with van der Waals surface area (Å²) in [5.74, 6) is -64.0. The van der Waals surface area contributed by atoms with Crippen LogP contribution in [0, 0.1) is 11.6 Å². The first-order chi connectivity index (χ1) is 18.0. The second-order valence-corrected chi connectivity index (χ2v) is 8.97. The summed E-state index contributed by atoms with van der Waals surface area (Å²) in [4.78, 5) is 14.8. The van der Waals surface area contributed by atoms with Crippen LogP contribution in [0.2, 0.25) is 0 Å². The third-order valence-corrected chi connectivity index (χ3v) is 5.93.